The minimum atomic E-state index is -0.721. The Labute approximate surface area is 286 Å². The topological polar surface area (TPSA) is 76.1 Å². The summed E-state index contributed by atoms with van der Waals surface area (Å²) >= 11 is 0. The summed E-state index contributed by atoms with van der Waals surface area (Å²) in [5, 5.41) is 13.7. The lowest BCUT2D eigenvalue weighted by Crippen LogP contribution is -2.65. The number of unbranched alkanes of at least 4 members (excludes halogenated alkanes) is 3. The molecule has 5 saturated carbocycles. The normalized spacial score (nSPS) is 37.3. The Bertz CT molecular complexity index is 983. The maximum atomic E-state index is 14.5. The number of carbonyl (C=O) groups is 2. The lowest BCUT2D eigenvalue weighted by atomic mass is 9.51. The zero-order valence-corrected chi connectivity index (χ0v) is 29.6. The predicted molar refractivity (Wildman–Crippen MR) is 187 cm³/mol. The van der Waals surface area contributed by atoms with Crippen molar-refractivity contribution in [2.75, 3.05) is 19.8 Å². The summed E-state index contributed by atoms with van der Waals surface area (Å²) in [6, 6.07) is 0.0145. The van der Waals surface area contributed by atoms with E-state index in [1.165, 1.54) is 96.0 Å². The van der Waals surface area contributed by atoms with Crippen LogP contribution in [0.3, 0.4) is 0 Å². The molecule has 6 rings (SSSR count). The minimum absolute atomic E-state index is 0.0145. The zero-order chi connectivity index (χ0) is 32.6. The summed E-state index contributed by atoms with van der Waals surface area (Å²) in [5.74, 6) is 3.74. The van der Waals surface area contributed by atoms with Gasteiger partial charge in [-0.2, -0.15) is 0 Å². The second-order valence-corrected chi connectivity index (χ2v) is 16.7. The van der Waals surface area contributed by atoms with Crippen molar-refractivity contribution < 1.29 is 24.2 Å². The van der Waals surface area contributed by atoms with Crippen molar-refractivity contribution in [2.24, 2.45) is 41.4 Å². The highest BCUT2D eigenvalue weighted by Crippen LogP contribution is 2.58. The van der Waals surface area contributed by atoms with Crippen LogP contribution < -0.4 is 0 Å². The number of carbonyl (C=O) groups excluding carboxylic acids is 2. The van der Waals surface area contributed by atoms with Gasteiger partial charge in [-0.25, -0.2) is 4.79 Å². The Kier molecular flexibility index (Phi) is 12.8. The number of ether oxygens (including phenoxy) is 2. The highest BCUT2D eigenvalue weighted by Gasteiger charge is 2.60. The van der Waals surface area contributed by atoms with Crippen molar-refractivity contribution in [2.45, 2.75) is 172 Å². The monoisotopic (exact) mass is 654 g/mol. The van der Waals surface area contributed by atoms with E-state index in [1.807, 2.05) is 0 Å². The van der Waals surface area contributed by atoms with Gasteiger partial charge in [0.05, 0.1) is 24.4 Å². The van der Waals surface area contributed by atoms with Crippen molar-refractivity contribution in [3.05, 3.63) is 12.7 Å². The largest absolute Gasteiger partial charge is 0.463 e. The molecule has 0 bridgehead atoms. The van der Waals surface area contributed by atoms with Crippen molar-refractivity contribution in [3.8, 4) is 0 Å². The molecule has 1 aliphatic heterocycles. The Morgan fingerprint density at radius 2 is 1.26 bits per heavy atom. The maximum Gasteiger partial charge on any atom is 0.330 e. The van der Waals surface area contributed by atoms with Crippen LogP contribution in [0.15, 0.2) is 12.7 Å². The Hall–Kier alpha value is -1.40. The molecule has 266 valence electrons. The molecule has 6 fully saturated rings. The van der Waals surface area contributed by atoms with Gasteiger partial charge in [0.2, 0.25) is 5.91 Å². The SMILES string of the molecule is C=CC(=O)OCCCCCCOC1CCC(C(=O)N2CCC[C@@H]2C(O)(C2CCCC3CCCCC32)C2CCCC3CCCCC32)CC1. The molecule has 1 heterocycles. The smallest absolute Gasteiger partial charge is 0.330 e. The van der Waals surface area contributed by atoms with Crippen LogP contribution in [0.5, 0.6) is 0 Å². The van der Waals surface area contributed by atoms with Gasteiger partial charge in [-0.1, -0.05) is 77.2 Å². The van der Waals surface area contributed by atoms with E-state index in [4.69, 9.17) is 9.47 Å². The average molecular weight is 654 g/mol. The van der Waals surface area contributed by atoms with E-state index >= 15 is 0 Å². The first-order valence-corrected chi connectivity index (χ1v) is 20.4. The molecular weight excluding hydrogens is 586 g/mol. The molecule has 1 amide bonds. The Morgan fingerprint density at radius 3 is 1.87 bits per heavy atom. The second-order valence-electron chi connectivity index (χ2n) is 16.7. The molecule has 47 heavy (non-hydrogen) atoms. The van der Waals surface area contributed by atoms with Gasteiger partial charge in [0.1, 0.15) is 0 Å². The number of hydrogen-bond donors (Lipinski definition) is 1. The molecule has 1 N–H and O–H groups in total. The summed E-state index contributed by atoms with van der Waals surface area (Å²) in [4.78, 5) is 27.9. The minimum Gasteiger partial charge on any atom is -0.463 e. The number of hydrogen-bond acceptors (Lipinski definition) is 5. The number of likely N-dealkylation sites (tertiary alicyclic amines) is 1. The maximum absolute atomic E-state index is 14.5. The van der Waals surface area contributed by atoms with Gasteiger partial charge in [-0.15, -0.1) is 0 Å². The fraction of sp³-hybridized carbons (Fsp3) is 0.902. The third-order valence-corrected chi connectivity index (χ3v) is 14.2. The zero-order valence-electron chi connectivity index (χ0n) is 29.6. The van der Waals surface area contributed by atoms with Crippen molar-refractivity contribution >= 4 is 11.9 Å². The summed E-state index contributed by atoms with van der Waals surface area (Å²) in [6.07, 6.45) is 29.6. The van der Waals surface area contributed by atoms with E-state index < -0.39 is 5.60 Å². The fourth-order valence-electron chi connectivity index (χ4n) is 12.1. The van der Waals surface area contributed by atoms with Crippen molar-refractivity contribution in [1.82, 2.24) is 4.90 Å². The average Bonchev–Trinajstić information content (AvgIpc) is 3.62. The van der Waals surface area contributed by atoms with Gasteiger partial charge in [0.25, 0.3) is 0 Å². The van der Waals surface area contributed by atoms with Crippen LogP contribution in [-0.4, -0.2) is 59.4 Å². The standard InChI is InChI=1S/C41H67NO5/c1-2-39(43)47-29-10-4-3-9-28-46-33-25-23-32(24-26-33)40(44)42-27-13-22-38(42)41(45,36-20-11-16-30-14-5-7-18-34(30)36)37-21-12-17-31-15-6-8-19-35(31)37/h2,30-38,45H,1,3-29H2/t30?,31?,32?,33?,34?,35?,36?,37?,38-,41?/m1/s1. The summed E-state index contributed by atoms with van der Waals surface area (Å²) < 4.78 is 11.3. The van der Waals surface area contributed by atoms with Crippen LogP contribution >= 0.6 is 0 Å². The number of fused-ring (bicyclic) bond motifs is 2. The van der Waals surface area contributed by atoms with Crippen molar-refractivity contribution in [3.63, 3.8) is 0 Å². The number of aliphatic hydroxyl groups is 1. The van der Waals surface area contributed by atoms with Crippen LogP contribution in [0.2, 0.25) is 0 Å². The van der Waals surface area contributed by atoms with E-state index in [-0.39, 0.29) is 24.0 Å². The molecule has 6 heteroatoms. The Morgan fingerprint density at radius 1 is 0.681 bits per heavy atom. The van der Waals surface area contributed by atoms with Crippen LogP contribution in [0.4, 0.5) is 0 Å². The third kappa shape index (κ3) is 8.16. The molecule has 0 aromatic heterocycles. The second kappa shape index (κ2) is 17.0. The summed E-state index contributed by atoms with van der Waals surface area (Å²) in [6.45, 7) is 5.50. The first-order chi connectivity index (χ1) is 23.0. The first-order valence-electron chi connectivity index (χ1n) is 20.4. The Balaban J connectivity index is 1.07. The van der Waals surface area contributed by atoms with Crippen LogP contribution in [0.1, 0.15) is 154 Å². The van der Waals surface area contributed by atoms with Gasteiger partial charge < -0.3 is 19.5 Å². The number of rotatable bonds is 13. The van der Waals surface area contributed by atoms with Crippen LogP contribution in [0, 0.1) is 41.4 Å². The van der Waals surface area contributed by atoms with Gasteiger partial charge in [-0.3, -0.25) is 4.79 Å². The van der Waals surface area contributed by atoms with E-state index in [1.54, 1.807) is 0 Å². The molecule has 6 nitrogen and oxygen atoms in total. The lowest BCUT2D eigenvalue weighted by molar-refractivity contribution is -0.189. The molecule has 0 spiro atoms. The molecule has 7 atom stereocenters. The van der Waals surface area contributed by atoms with E-state index in [0.29, 0.717) is 36.2 Å². The van der Waals surface area contributed by atoms with Crippen molar-refractivity contribution in [1.29, 1.82) is 0 Å². The number of amides is 1. The molecule has 0 aromatic carbocycles. The first kappa shape index (κ1) is 35.4. The highest BCUT2D eigenvalue weighted by atomic mass is 16.5. The molecule has 0 aromatic rings. The van der Waals surface area contributed by atoms with Gasteiger partial charge in [0.15, 0.2) is 0 Å². The predicted octanol–water partition coefficient (Wildman–Crippen LogP) is 8.79. The molecule has 6 unspecified atom stereocenters. The quantitative estimate of drug-likeness (QED) is 0.122. The summed E-state index contributed by atoms with van der Waals surface area (Å²) in [5.41, 5.74) is -0.721. The molecular formula is C41H67NO5. The molecule has 5 aliphatic carbocycles. The number of esters is 1. The molecule has 6 aliphatic rings. The number of nitrogens with zero attached hydrogens (tertiary/aromatic N) is 1. The molecule has 0 radical (unpaired) electrons. The lowest BCUT2D eigenvalue weighted by Gasteiger charge is -2.59. The summed E-state index contributed by atoms with van der Waals surface area (Å²) in [7, 11) is 0. The van der Waals surface area contributed by atoms with Crippen LogP contribution in [-0.2, 0) is 19.1 Å². The molecule has 1 saturated heterocycles. The highest BCUT2D eigenvalue weighted by molar-refractivity contribution is 5.81. The van der Waals surface area contributed by atoms with E-state index in [2.05, 4.69) is 11.5 Å². The third-order valence-electron chi connectivity index (χ3n) is 14.2. The van der Waals surface area contributed by atoms with E-state index in [9.17, 15) is 14.7 Å². The fourth-order valence-corrected chi connectivity index (χ4v) is 12.1. The van der Waals surface area contributed by atoms with Gasteiger partial charge in [-0.05, 0) is 119 Å². The van der Waals surface area contributed by atoms with Gasteiger partial charge >= 0.3 is 5.97 Å². The van der Waals surface area contributed by atoms with Crippen LogP contribution in [0.25, 0.3) is 0 Å². The van der Waals surface area contributed by atoms with E-state index in [0.717, 1.165) is 89.2 Å². The van der Waals surface area contributed by atoms with Gasteiger partial charge in [0, 0.05) is 25.1 Å².